The largest absolute Gasteiger partial charge is 0.354 e. The van der Waals surface area contributed by atoms with Crippen molar-refractivity contribution in [1.82, 2.24) is 4.57 Å². The lowest BCUT2D eigenvalue weighted by Crippen LogP contribution is -1.99. The van der Waals surface area contributed by atoms with E-state index in [1.165, 1.54) is 76.9 Å². The molecule has 1 aliphatic carbocycles. The van der Waals surface area contributed by atoms with Gasteiger partial charge in [0.1, 0.15) is 0 Å². The quantitative estimate of drug-likeness (QED) is 0.143. The third-order valence-electron chi connectivity index (χ3n) is 13.3. The van der Waals surface area contributed by atoms with Gasteiger partial charge in [-0.2, -0.15) is 0 Å². The number of allylic oxidation sites excluding steroid dienone is 5. The van der Waals surface area contributed by atoms with Crippen LogP contribution in [0.2, 0.25) is 0 Å². The van der Waals surface area contributed by atoms with Crippen LogP contribution in [0.25, 0.3) is 105 Å². The summed E-state index contributed by atoms with van der Waals surface area (Å²) in [6.07, 6.45) is 6.56. The van der Waals surface area contributed by atoms with Crippen molar-refractivity contribution in [2.45, 2.75) is 6.92 Å². The number of aromatic nitrogens is 1. The molecule has 0 saturated carbocycles. The fourth-order valence-electron chi connectivity index (χ4n) is 10.2. The number of benzene rings is 10. The molecule has 1 heterocycles. The fraction of sp³-hybridized carbons (Fsp3) is 0.0159. The van der Waals surface area contributed by atoms with Crippen LogP contribution in [0.3, 0.4) is 0 Å². The first-order chi connectivity index (χ1) is 32.1. The Balaban J connectivity index is 0.902. The van der Waals surface area contributed by atoms with Gasteiger partial charge in [-0.05, 0) is 121 Å². The molecule has 1 N–H and O–H groups in total. The molecule has 0 fully saturated rings. The van der Waals surface area contributed by atoms with E-state index in [1.54, 1.807) is 0 Å². The number of anilines is 2. The summed E-state index contributed by atoms with van der Waals surface area (Å²) in [4.78, 5) is 0. The number of hydrogen-bond acceptors (Lipinski definition) is 1. The topological polar surface area (TPSA) is 17.0 Å². The first-order valence-corrected chi connectivity index (χ1v) is 22.4. The molecule has 0 aliphatic heterocycles. The van der Waals surface area contributed by atoms with Gasteiger partial charge in [-0.1, -0.05) is 195 Å². The minimum atomic E-state index is 0.923. The maximum atomic E-state index is 4.70. The lowest BCUT2D eigenvalue weighted by Gasteiger charge is -2.20. The van der Waals surface area contributed by atoms with Crippen LogP contribution >= 0.6 is 0 Å². The van der Waals surface area contributed by atoms with Gasteiger partial charge in [-0.3, -0.25) is 0 Å². The molecule has 2 heteroatoms. The lowest BCUT2D eigenvalue weighted by molar-refractivity contribution is 1.18. The van der Waals surface area contributed by atoms with Crippen molar-refractivity contribution < 1.29 is 0 Å². The molecule has 0 bridgehead atoms. The van der Waals surface area contributed by atoms with E-state index in [9.17, 15) is 0 Å². The van der Waals surface area contributed by atoms with Crippen LogP contribution in [0.15, 0.2) is 237 Å². The smallest absolute Gasteiger partial charge is 0.0543 e. The van der Waals surface area contributed by atoms with Crippen LogP contribution in [0.4, 0.5) is 11.4 Å². The lowest BCUT2D eigenvalue weighted by atomic mass is 9.91. The summed E-state index contributed by atoms with van der Waals surface area (Å²) in [7, 11) is 0. The zero-order valence-electron chi connectivity index (χ0n) is 36.1. The SMILES string of the molecule is C=C(/C=C\C(=C/C)c1ccc2c(c1)c1ccccc1n2-c1ccccc1)c1ccc2ccccc2c1Nc1ccccc1-c1ccccc1-c1ccc2c(c1)-c1cccc3cccc-2c13. The van der Waals surface area contributed by atoms with Gasteiger partial charge in [0.15, 0.2) is 0 Å². The van der Waals surface area contributed by atoms with Crippen molar-refractivity contribution in [3.63, 3.8) is 0 Å². The second-order valence-electron chi connectivity index (χ2n) is 16.9. The van der Waals surface area contributed by atoms with E-state index in [4.69, 9.17) is 6.58 Å². The Morgan fingerprint density at radius 3 is 1.94 bits per heavy atom. The summed E-state index contributed by atoms with van der Waals surface area (Å²) in [6.45, 7) is 6.81. The van der Waals surface area contributed by atoms with Gasteiger partial charge in [0.05, 0.1) is 16.7 Å². The van der Waals surface area contributed by atoms with Crippen LogP contribution < -0.4 is 5.32 Å². The second-order valence-corrected chi connectivity index (χ2v) is 16.9. The van der Waals surface area contributed by atoms with Gasteiger partial charge in [-0.25, -0.2) is 0 Å². The van der Waals surface area contributed by atoms with Crippen molar-refractivity contribution in [3.05, 3.63) is 248 Å². The molecular weight excluding hydrogens is 785 g/mol. The molecule has 11 aromatic rings. The molecule has 2 nitrogen and oxygen atoms in total. The Kier molecular flexibility index (Phi) is 9.24. The van der Waals surface area contributed by atoms with E-state index >= 15 is 0 Å². The van der Waals surface area contributed by atoms with Crippen LogP contribution in [-0.2, 0) is 0 Å². The molecule has 0 spiro atoms. The predicted octanol–water partition coefficient (Wildman–Crippen LogP) is 17.5. The maximum absolute atomic E-state index is 4.70. The van der Waals surface area contributed by atoms with Crippen molar-refractivity contribution >= 4 is 65.9 Å². The first kappa shape index (κ1) is 38.2. The molecule has 1 aliphatic rings. The highest BCUT2D eigenvalue weighted by Crippen LogP contribution is 2.49. The molecule has 0 unspecified atom stereocenters. The van der Waals surface area contributed by atoms with E-state index in [1.807, 2.05) is 0 Å². The molecule has 0 saturated heterocycles. The number of rotatable bonds is 9. The highest BCUT2D eigenvalue weighted by Gasteiger charge is 2.23. The molecule has 0 atom stereocenters. The van der Waals surface area contributed by atoms with E-state index in [-0.39, 0.29) is 0 Å². The van der Waals surface area contributed by atoms with Crippen molar-refractivity contribution in [3.8, 4) is 50.2 Å². The van der Waals surface area contributed by atoms with Crippen molar-refractivity contribution in [1.29, 1.82) is 0 Å². The number of nitrogens with zero attached hydrogens (tertiary/aromatic N) is 1. The van der Waals surface area contributed by atoms with Crippen LogP contribution in [0.1, 0.15) is 18.1 Å². The van der Waals surface area contributed by atoms with E-state index in [0.29, 0.717) is 0 Å². The number of hydrogen-bond donors (Lipinski definition) is 1. The Labute approximate surface area is 379 Å². The van der Waals surface area contributed by atoms with E-state index < -0.39 is 0 Å². The average molecular weight is 829 g/mol. The minimum Gasteiger partial charge on any atom is -0.354 e. The van der Waals surface area contributed by atoms with Crippen LogP contribution in [-0.4, -0.2) is 4.57 Å². The van der Waals surface area contributed by atoms with E-state index in [2.05, 4.69) is 247 Å². The van der Waals surface area contributed by atoms with Gasteiger partial charge in [-0.15, -0.1) is 0 Å². The molecule has 1 aromatic heterocycles. The van der Waals surface area contributed by atoms with Crippen LogP contribution in [0, 0.1) is 0 Å². The third kappa shape index (κ3) is 6.41. The summed E-state index contributed by atoms with van der Waals surface area (Å²) in [5, 5.41) is 11.4. The highest BCUT2D eigenvalue weighted by molar-refractivity contribution is 6.16. The van der Waals surface area contributed by atoms with Gasteiger partial charge in [0, 0.05) is 38.7 Å². The summed E-state index contributed by atoms with van der Waals surface area (Å²) < 4.78 is 2.36. The standard InChI is InChI=1S/C63H44N2/c1-3-42(45-35-38-61-58(39-45)54-26-12-14-30-60(54)65(61)47-20-5-4-6-21-47)32-31-41(2)48-36-33-43-17-7-8-23-50(43)63(48)64-59-29-13-11-25-53(59)51-24-10-9-22-49(51)46-34-37-52-55-27-15-18-44-19-16-28-56(62(44)55)57(52)40-46/h3-40,64H,2H2,1H3/b32-31-,42-3+. The average Bonchev–Trinajstić information content (AvgIpc) is 3.87. The molecular formula is C63H44N2. The normalized spacial score (nSPS) is 12.2. The Bertz CT molecular complexity index is 3760. The molecule has 0 radical (unpaired) electrons. The predicted molar refractivity (Wildman–Crippen MR) is 279 cm³/mol. The van der Waals surface area contributed by atoms with Gasteiger partial charge < -0.3 is 9.88 Å². The Morgan fingerprint density at radius 1 is 0.462 bits per heavy atom. The Hall–Kier alpha value is -8.46. The highest BCUT2D eigenvalue weighted by atomic mass is 15.0. The maximum Gasteiger partial charge on any atom is 0.0543 e. The molecule has 65 heavy (non-hydrogen) atoms. The van der Waals surface area contributed by atoms with Gasteiger partial charge in [0.2, 0.25) is 0 Å². The fourth-order valence-corrected chi connectivity index (χ4v) is 10.2. The summed E-state index contributed by atoms with van der Waals surface area (Å²) in [5.41, 5.74) is 19.8. The number of nitrogens with one attached hydrogen (secondary N) is 1. The zero-order chi connectivity index (χ0) is 43.4. The van der Waals surface area contributed by atoms with Crippen molar-refractivity contribution in [2.24, 2.45) is 0 Å². The molecule has 12 rings (SSSR count). The van der Waals surface area contributed by atoms with Gasteiger partial charge in [0.25, 0.3) is 0 Å². The molecule has 0 amide bonds. The summed E-state index contributed by atoms with van der Waals surface area (Å²) in [5.74, 6) is 0. The van der Waals surface area contributed by atoms with Crippen LogP contribution in [0.5, 0.6) is 0 Å². The molecule has 306 valence electrons. The number of para-hydroxylation sites is 3. The summed E-state index contributed by atoms with van der Waals surface area (Å²) in [6, 6.07) is 76.9. The minimum absolute atomic E-state index is 0.923. The zero-order valence-corrected chi connectivity index (χ0v) is 36.1. The third-order valence-corrected chi connectivity index (χ3v) is 13.3. The van der Waals surface area contributed by atoms with E-state index in [0.717, 1.165) is 50.3 Å². The Morgan fingerprint density at radius 2 is 1.11 bits per heavy atom. The summed E-state index contributed by atoms with van der Waals surface area (Å²) >= 11 is 0. The monoisotopic (exact) mass is 828 g/mol. The van der Waals surface area contributed by atoms with Gasteiger partial charge >= 0.3 is 0 Å². The second kappa shape index (κ2) is 15.7. The first-order valence-electron chi connectivity index (χ1n) is 22.4. The number of fused-ring (bicyclic) bond motifs is 7. The van der Waals surface area contributed by atoms with Crippen molar-refractivity contribution in [2.75, 3.05) is 5.32 Å². The molecule has 10 aromatic carbocycles.